The number of aromatic nitrogens is 1. The molecule has 0 spiro atoms. The highest BCUT2D eigenvalue weighted by atomic mass is 32.1. The van der Waals surface area contributed by atoms with Gasteiger partial charge in [-0.2, -0.15) is 0 Å². The van der Waals surface area contributed by atoms with Gasteiger partial charge in [0.1, 0.15) is 0 Å². The van der Waals surface area contributed by atoms with Crippen LogP contribution in [0.5, 0.6) is 0 Å². The van der Waals surface area contributed by atoms with Crippen LogP contribution in [0.25, 0.3) is 10.9 Å². The van der Waals surface area contributed by atoms with E-state index in [1.807, 2.05) is 30.3 Å². The van der Waals surface area contributed by atoms with Crippen LogP contribution in [0.15, 0.2) is 48.0 Å². The predicted molar refractivity (Wildman–Crippen MR) is 86.1 cm³/mol. The molecule has 3 heteroatoms. The Morgan fingerprint density at radius 2 is 2.14 bits per heavy atom. The first-order valence-corrected chi connectivity index (χ1v) is 8.17. The molecule has 2 aromatic heterocycles. The summed E-state index contributed by atoms with van der Waals surface area (Å²) in [6, 6.07) is 11.9. The zero-order chi connectivity index (χ0) is 14.2. The third-order valence-corrected chi connectivity index (χ3v) is 5.28. The Hall–Kier alpha value is -2.00. The normalized spacial score (nSPS) is 17.6. The summed E-state index contributed by atoms with van der Waals surface area (Å²) in [6.45, 7) is 0. The van der Waals surface area contributed by atoms with Crippen LogP contribution in [0, 0.1) is 0 Å². The molecule has 1 unspecified atom stereocenters. The van der Waals surface area contributed by atoms with Gasteiger partial charge in [0.05, 0.1) is 5.52 Å². The predicted octanol–water partition coefficient (Wildman–Crippen LogP) is 4.60. The molecule has 1 aromatic carbocycles. The molecular weight excluding hydrogens is 278 g/mol. The maximum absolute atomic E-state index is 13.1. The monoisotopic (exact) mass is 293 g/mol. The molecule has 2 heterocycles. The van der Waals surface area contributed by atoms with Crippen molar-refractivity contribution in [2.24, 2.45) is 0 Å². The molecule has 0 bridgehead atoms. The van der Waals surface area contributed by atoms with Gasteiger partial charge in [-0.3, -0.25) is 9.78 Å². The van der Waals surface area contributed by atoms with Gasteiger partial charge in [0, 0.05) is 27.9 Å². The molecule has 0 aliphatic heterocycles. The van der Waals surface area contributed by atoms with Gasteiger partial charge < -0.3 is 0 Å². The molecule has 0 N–H and O–H groups in total. The molecule has 4 rings (SSSR count). The van der Waals surface area contributed by atoms with Gasteiger partial charge in [0.25, 0.3) is 0 Å². The Labute approximate surface area is 127 Å². The third-order valence-electron chi connectivity index (χ3n) is 4.28. The van der Waals surface area contributed by atoms with Crippen molar-refractivity contribution in [3.63, 3.8) is 0 Å². The van der Waals surface area contributed by atoms with E-state index >= 15 is 0 Å². The van der Waals surface area contributed by atoms with Crippen LogP contribution in [-0.4, -0.2) is 10.8 Å². The average molecular weight is 293 g/mol. The van der Waals surface area contributed by atoms with Gasteiger partial charge in [-0.1, -0.05) is 18.2 Å². The zero-order valence-corrected chi connectivity index (χ0v) is 12.4. The number of ketones is 1. The Morgan fingerprint density at radius 1 is 1.19 bits per heavy atom. The van der Waals surface area contributed by atoms with Crippen LogP contribution in [0.1, 0.15) is 39.6 Å². The zero-order valence-electron chi connectivity index (χ0n) is 11.6. The quantitative estimate of drug-likeness (QED) is 0.646. The number of aryl methyl sites for hydroxylation is 1. The van der Waals surface area contributed by atoms with Crippen molar-refractivity contribution >= 4 is 28.0 Å². The Balaban J connectivity index is 1.82. The molecule has 0 fully saturated rings. The highest BCUT2D eigenvalue weighted by molar-refractivity contribution is 7.10. The van der Waals surface area contributed by atoms with E-state index in [-0.39, 0.29) is 11.7 Å². The van der Waals surface area contributed by atoms with Crippen LogP contribution < -0.4 is 0 Å². The van der Waals surface area contributed by atoms with Crippen molar-refractivity contribution in [3.05, 3.63) is 64.0 Å². The summed E-state index contributed by atoms with van der Waals surface area (Å²) in [5.41, 5.74) is 2.95. The van der Waals surface area contributed by atoms with Crippen molar-refractivity contribution in [1.29, 1.82) is 0 Å². The van der Waals surface area contributed by atoms with E-state index in [0.29, 0.717) is 0 Å². The maximum atomic E-state index is 13.1. The van der Waals surface area contributed by atoms with Crippen LogP contribution in [-0.2, 0) is 6.42 Å². The summed E-state index contributed by atoms with van der Waals surface area (Å²) in [5, 5.41) is 3.08. The fourth-order valence-electron chi connectivity index (χ4n) is 3.26. The van der Waals surface area contributed by atoms with Gasteiger partial charge in [0.15, 0.2) is 5.78 Å². The van der Waals surface area contributed by atoms with E-state index in [2.05, 4.69) is 16.4 Å². The summed E-state index contributed by atoms with van der Waals surface area (Å²) in [4.78, 5) is 18.8. The first-order valence-electron chi connectivity index (χ1n) is 7.29. The summed E-state index contributed by atoms with van der Waals surface area (Å²) in [7, 11) is 0. The number of carbonyl (C=O) groups is 1. The first-order chi connectivity index (χ1) is 10.3. The summed E-state index contributed by atoms with van der Waals surface area (Å²) >= 11 is 1.78. The molecule has 0 saturated heterocycles. The highest BCUT2D eigenvalue weighted by Gasteiger charge is 2.28. The number of carbonyl (C=O) groups excluding carboxylic acids is 1. The summed E-state index contributed by atoms with van der Waals surface area (Å²) < 4.78 is 0. The van der Waals surface area contributed by atoms with Crippen LogP contribution in [0.2, 0.25) is 0 Å². The van der Waals surface area contributed by atoms with Crippen LogP contribution >= 0.6 is 11.3 Å². The number of rotatable bonds is 2. The number of Topliss-reactive ketones (excluding diaryl/α,β-unsaturated/α-hetero) is 1. The molecule has 0 radical (unpaired) electrons. The van der Waals surface area contributed by atoms with Gasteiger partial charge in [0.2, 0.25) is 0 Å². The molecule has 104 valence electrons. The number of pyridine rings is 1. The second-order valence-corrected chi connectivity index (χ2v) is 6.48. The smallest absolute Gasteiger partial charge is 0.171 e. The largest absolute Gasteiger partial charge is 0.293 e. The van der Waals surface area contributed by atoms with Crippen molar-refractivity contribution in [1.82, 2.24) is 4.98 Å². The van der Waals surface area contributed by atoms with Gasteiger partial charge in [-0.15, -0.1) is 11.3 Å². The van der Waals surface area contributed by atoms with Crippen molar-refractivity contribution in [2.75, 3.05) is 0 Å². The van der Waals surface area contributed by atoms with E-state index < -0.39 is 0 Å². The number of hydrogen-bond donors (Lipinski definition) is 0. The lowest BCUT2D eigenvalue weighted by Gasteiger charge is -2.22. The van der Waals surface area contributed by atoms with E-state index in [0.717, 1.165) is 35.7 Å². The fourth-order valence-corrected chi connectivity index (χ4v) is 4.25. The number of thiophene rings is 1. The van der Waals surface area contributed by atoms with Crippen molar-refractivity contribution in [3.8, 4) is 0 Å². The minimum atomic E-state index is 0.0193. The van der Waals surface area contributed by atoms with E-state index in [1.54, 1.807) is 17.5 Å². The Bertz CT molecular complexity index is 815. The average Bonchev–Trinajstić information content (AvgIpc) is 3.02. The second kappa shape index (κ2) is 5.08. The van der Waals surface area contributed by atoms with E-state index in [4.69, 9.17) is 0 Å². The van der Waals surface area contributed by atoms with Crippen LogP contribution in [0.4, 0.5) is 0 Å². The standard InChI is InChI=1S/C18H15NOS/c20-18(15-5-2-8-17-13(15)9-11-21-17)14-4-1-7-16-12(14)6-3-10-19-16/h1,3-4,6-7,9-11,15H,2,5,8H2. The Morgan fingerprint density at radius 3 is 3.10 bits per heavy atom. The molecule has 3 aromatic rings. The number of nitrogens with zero attached hydrogens (tertiary/aromatic N) is 1. The maximum Gasteiger partial charge on any atom is 0.171 e. The molecule has 0 amide bonds. The highest BCUT2D eigenvalue weighted by Crippen LogP contribution is 2.37. The molecule has 1 aliphatic carbocycles. The second-order valence-electron chi connectivity index (χ2n) is 5.48. The molecule has 21 heavy (non-hydrogen) atoms. The molecule has 2 nitrogen and oxygen atoms in total. The summed E-state index contributed by atoms with van der Waals surface area (Å²) in [6.07, 6.45) is 4.95. The molecule has 1 atom stereocenters. The van der Waals surface area contributed by atoms with Gasteiger partial charge in [-0.25, -0.2) is 0 Å². The van der Waals surface area contributed by atoms with Crippen molar-refractivity contribution in [2.45, 2.75) is 25.2 Å². The number of hydrogen-bond acceptors (Lipinski definition) is 3. The number of fused-ring (bicyclic) bond motifs is 2. The minimum absolute atomic E-state index is 0.0193. The van der Waals surface area contributed by atoms with E-state index in [1.165, 1.54) is 10.4 Å². The fraction of sp³-hybridized carbons (Fsp3) is 0.222. The lowest BCUT2D eigenvalue weighted by atomic mass is 9.82. The lowest BCUT2D eigenvalue weighted by molar-refractivity contribution is 0.0953. The van der Waals surface area contributed by atoms with E-state index in [9.17, 15) is 4.79 Å². The molecule has 1 aliphatic rings. The molecule has 0 saturated carbocycles. The van der Waals surface area contributed by atoms with Crippen LogP contribution in [0.3, 0.4) is 0 Å². The topological polar surface area (TPSA) is 30.0 Å². The van der Waals surface area contributed by atoms with Crippen molar-refractivity contribution < 1.29 is 4.79 Å². The first kappa shape index (κ1) is 12.7. The van der Waals surface area contributed by atoms with Gasteiger partial charge in [-0.05, 0) is 48.4 Å². The SMILES string of the molecule is O=C(c1cccc2ncccc12)C1CCCc2sccc21. The van der Waals surface area contributed by atoms with Gasteiger partial charge >= 0.3 is 0 Å². The lowest BCUT2D eigenvalue weighted by Crippen LogP contribution is -2.17. The molecular formula is C18H15NOS. The minimum Gasteiger partial charge on any atom is -0.293 e. The summed E-state index contributed by atoms with van der Waals surface area (Å²) in [5.74, 6) is 0.263. The number of benzene rings is 1. The Kier molecular flexibility index (Phi) is 3.08. The third kappa shape index (κ3) is 2.09.